The van der Waals surface area contributed by atoms with E-state index in [1.165, 1.54) is 6.92 Å². The molecule has 0 heterocycles. The summed E-state index contributed by atoms with van der Waals surface area (Å²) in [5.41, 5.74) is 0. The van der Waals surface area contributed by atoms with Gasteiger partial charge in [-0.25, -0.2) is 0 Å². The number of hydrogen-bond acceptors (Lipinski definition) is 3. The fourth-order valence-electron chi connectivity index (χ4n) is 0.582. The van der Waals surface area contributed by atoms with Gasteiger partial charge in [-0.2, -0.15) is 0 Å². The Morgan fingerprint density at radius 1 is 1.64 bits per heavy atom. The normalized spacial score (nSPS) is 11.7. The maximum atomic E-state index is 10.3. The zero-order chi connectivity index (χ0) is 8.85. The zero-order valence-electron chi connectivity index (χ0n) is 6.03. The summed E-state index contributed by atoms with van der Waals surface area (Å²) in [5, 5.41) is 10.4. The lowest BCUT2D eigenvalue weighted by molar-refractivity contribution is -0.138. The van der Waals surface area contributed by atoms with E-state index >= 15 is 0 Å². The molecule has 0 saturated carbocycles. The van der Waals surface area contributed by atoms with Crippen molar-refractivity contribution in [1.29, 1.82) is 0 Å². The fraction of sp³-hybridized carbons (Fsp3) is 0.500. The van der Waals surface area contributed by atoms with Crippen molar-refractivity contribution in [1.82, 2.24) is 5.32 Å². The molecule has 1 amide bonds. The van der Waals surface area contributed by atoms with Crippen LogP contribution in [-0.2, 0) is 14.4 Å². The lowest BCUT2D eigenvalue weighted by Gasteiger charge is -2.06. The molecule has 0 radical (unpaired) electrons. The molecule has 2 N–H and O–H groups in total. The minimum absolute atomic E-state index is 0.372. The average Bonchev–Trinajstić information content (AvgIpc) is 1.84. The molecule has 0 rings (SSSR count). The van der Waals surface area contributed by atoms with E-state index in [1.807, 2.05) is 0 Å². The number of nitrogens with one attached hydrogen (secondary N) is 1. The highest BCUT2D eigenvalue weighted by Crippen LogP contribution is 1.87. The summed E-state index contributed by atoms with van der Waals surface area (Å²) in [6, 6.07) is -0.912. The molecule has 62 valence electrons. The van der Waals surface area contributed by atoms with Gasteiger partial charge in [-0.1, -0.05) is 0 Å². The SMILES string of the molecule is CC(=O)N[C@@H](C=O)CC(=O)O. The lowest BCUT2D eigenvalue weighted by atomic mass is 10.2. The van der Waals surface area contributed by atoms with Gasteiger partial charge in [-0.3, -0.25) is 9.59 Å². The highest BCUT2D eigenvalue weighted by Gasteiger charge is 2.11. The van der Waals surface area contributed by atoms with Gasteiger partial charge in [0.05, 0.1) is 12.5 Å². The third-order valence-electron chi connectivity index (χ3n) is 0.947. The van der Waals surface area contributed by atoms with Crippen LogP contribution in [0.25, 0.3) is 0 Å². The molecule has 0 aliphatic carbocycles. The topological polar surface area (TPSA) is 83.5 Å². The van der Waals surface area contributed by atoms with E-state index in [4.69, 9.17) is 5.11 Å². The predicted octanol–water partition coefficient (Wildman–Crippen LogP) is -0.835. The van der Waals surface area contributed by atoms with Crippen molar-refractivity contribution in [2.24, 2.45) is 0 Å². The molecule has 0 unspecified atom stereocenters. The highest BCUT2D eigenvalue weighted by molar-refractivity contribution is 5.80. The minimum atomic E-state index is -1.11. The molecule has 5 heteroatoms. The summed E-state index contributed by atoms with van der Waals surface area (Å²) in [6.07, 6.45) is 0.0264. The zero-order valence-corrected chi connectivity index (χ0v) is 6.03. The molecule has 1 atom stereocenters. The number of carboxylic acid groups (broad SMARTS) is 1. The van der Waals surface area contributed by atoms with Gasteiger partial charge in [0.1, 0.15) is 6.29 Å². The summed E-state index contributed by atoms with van der Waals surface area (Å²) in [6.45, 7) is 1.22. The standard InChI is InChI=1S/C6H9NO4/c1-4(9)7-5(3-8)2-6(10)11/h3,5H,2H2,1H3,(H,7,9)(H,10,11)/t5-/m1/s1. The second-order valence-corrected chi connectivity index (χ2v) is 2.04. The monoisotopic (exact) mass is 159 g/mol. The number of carbonyl (C=O) groups is 3. The molecule has 0 aromatic rings. The van der Waals surface area contributed by atoms with Crippen LogP contribution in [0.15, 0.2) is 0 Å². The molecule has 0 aliphatic heterocycles. The molecule has 0 spiro atoms. The van der Waals surface area contributed by atoms with E-state index in [-0.39, 0.29) is 6.42 Å². The van der Waals surface area contributed by atoms with Crippen LogP contribution in [0, 0.1) is 0 Å². The van der Waals surface area contributed by atoms with Crippen molar-refractivity contribution in [3.63, 3.8) is 0 Å². The van der Waals surface area contributed by atoms with E-state index in [2.05, 4.69) is 5.32 Å². The van der Waals surface area contributed by atoms with Crippen LogP contribution >= 0.6 is 0 Å². The molecule has 5 nitrogen and oxygen atoms in total. The third-order valence-corrected chi connectivity index (χ3v) is 0.947. The largest absolute Gasteiger partial charge is 0.481 e. The van der Waals surface area contributed by atoms with Gasteiger partial charge in [0, 0.05) is 6.92 Å². The van der Waals surface area contributed by atoms with E-state index in [1.54, 1.807) is 0 Å². The molecular weight excluding hydrogens is 150 g/mol. The number of rotatable bonds is 4. The smallest absolute Gasteiger partial charge is 0.305 e. The van der Waals surface area contributed by atoms with Crippen LogP contribution < -0.4 is 5.32 Å². The maximum absolute atomic E-state index is 10.3. The second kappa shape index (κ2) is 4.43. The number of hydrogen-bond donors (Lipinski definition) is 2. The Labute approximate surface area is 63.4 Å². The number of amides is 1. The lowest BCUT2D eigenvalue weighted by Crippen LogP contribution is -2.35. The van der Waals surface area contributed by atoms with Gasteiger partial charge >= 0.3 is 5.97 Å². The fourth-order valence-corrected chi connectivity index (χ4v) is 0.582. The first kappa shape index (κ1) is 9.61. The van der Waals surface area contributed by atoms with Crippen LogP contribution in [0.3, 0.4) is 0 Å². The van der Waals surface area contributed by atoms with Crippen LogP contribution in [0.2, 0.25) is 0 Å². The molecule has 0 bridgehead atoms. The summed E-state index contributed by atoms with van der Waals surface area (Å²) < 4.78 is 0. The van der Waals surface area contributed by atoms with Crippen LogP contribution in [-0.4, -0.2) is 29.3 Å². The minimum Gasteiger partial charge on any atom is -0.481 e. The van der Waals surface area contributed by atoms with Gasteiger partial charge in [0.15, 0.2) is 0 Å². The van der Waals surface area contributed by atoms with Crippen molar-refractivity contribution in [2.45, 2.75) is 19.4 Å². The van der Waals surface area contributed by atoms with E-state index in [0.29, 0.717) is 6.29 Å². The predicted molar refractivity (Wildman–Crippen MR) is 35.9 cm³/mol. The van der Waals surface area contributed by atoms with Crippen molar-refractivity contribution >= 4 is 18.2 Å². The van der Waals surface area contributed by atoms with Crippen LogP contribution in [0.1, 0.15) is 13.3 Å². The van der Waals surface area contributed by atoms with Gasteiger partial charge in [0.25, 0.3) is 0 Å². The highest BCUT2D eigenvalue weighted by atomic mass is 16.4. The van der Waals surface area contributed by atoms with E-state index in [9.17, 15) is 14.4 Å². The Bertz CT molecular complexity index is 161. The van der Waals surface area contributed by atoms with Crippen LogP contribution in [0.4, 0.5) is 0 Å². The first-order valence-electron chi connectivity index (χ1n) is 3.00. The Morgan fingerprint density at radius 3 is 2.45 bits per heavy atom. The second-order valence-electron chi connectivity index (χ2n) is 2.04. The molecule has 11 heavy (non-hydrogen) atoms. The molecule has 0 fully saturated rings. The van der Waals surface area contributed by atoms with Crippen molar-refractivity contribution < 1.29 is 19.5 Å². The van der Waals surface area contributed by atoms with E-state index < -0.39 is 17.9 Å². The summed E-state index contributed by atoms with van der Waals surface area (Å²) in [4.78, 5) is 30.5. The average molecular weight is 159 g/mol. The molecule has 0 aromatic heterocycles. The van der Waals surface area contributed by atoms with Gasteiger partial charge in [-0.15, -0.1) is 0 Å². The van der Waals surface area contributed by atoms with Gasteiger partial charge in [-0.05, 0) is 0 Å². The molecule has 0 saturated heterocycles. The summed E-state index contributed by atoms with van der Waals surface area (Å²) >= 11 is 0. The van der Waals surface area contributed by atoms with E-state index in [0.717, 1.165) is 0 Å². The molecular formula is C6H9NO4. The Balaban J connectivity index is 3.85. The van der Waals surface area contributed by atoms with Crippen molar-refractivity contribution in [3.8, 4) is 0 Å². The first-order chi connectivity index (χ1) is 5.06. The first-order valence-corrected chi connectivity index (χ1v) is 3.00. The van der Waals surface area contributed by atoms with Crippen LogP contribution in [0.5, 0.6) is 0 Å². The number of aliphatic carboxylic acids is 1. The van der Waals surface area contributed by atoms with Crippen molar-refractivity contribution in [3.05, 3.63) is 0 Å². The molecule has 0 aliphatic rings. The number of carboxylic acids is 1. The summed E-state index contributed by atoms with van der Waals surface area (Å²) in [7, 11) is 0. The van der Waals surface area contributed by atoms with Crippen molar-refractivity contribution in [2.75, 3.05) is 0 Å². The maximum Gasteiger partial charge on any atom is 0.305 e. The Hall–Kier alpha value is -1.39. The Kier molecular flexibility index (Phi) is 3.87. The van der Waals surface area contributed by atoms with Gasteiger partial charge in [0.2, 0.25) is 5.91 Å². The third kappa shape index (κ3) is 5.07. The number of carbonyl (C=O) groups excluding carboxylic acids is 2. The number of aldehydes is 1. The van der Waals surface area contributed by atoms with Gasteiger partial charge < -0.3 is 15.2 Å². The summed E-state index contributed by atoms with van der Waals surface area (Å²) in [5.74, 6) is -1.53. The Morgan fingerprint density at radius 2 is 2.18 bits per heavy atom. The molecule has 0 aromatic carbocycles. The quantitative estimate of drug-likeness (QED) is 0.524.